The Hall–Kier alpha value is -5.35. The number of hydrogen-bond acceptors (Lipinski definition) is 10. The molecule has 2 aliphatic heterocycles. The van der Waals surface area contributed by atoms with Crippen LogP contribution in [0.1, 0.15) is 177 Å². The lowest BCUT2D eigenvalue weighted by molar-refractivity contribution is -0.117. The van der Waals surface area contributed by atoms with Gasteiger partial charge in [-0.2, -0.15) is 0 Å². The molecule has 1 aromatic heterocycles. The average Bonchev–Trinajstić information content (AvgIpc) is 3.33. The third-order valence-corrected chi connectivity index (χ3v) is 11.8. The normalized spacial score (nSPS) is 12.8. The van der Waals surface area contributed by atoms with E-state index in [-0.39, 0.29) is 17.3 Å². The van der Waals surface area contributed by atoms with Gasteiger partial charge in [0.1, 0.15) is 35.5 Å². The van der Waals surface area contributed by atoms with Crippen molar-refractivity contribution in [3.8, 4) is 5.88 Å². The fraction of sp³-hybridized carbons (Fsp3) is 0.565. The lowest BCUT2D eigenvalue weighted by atomic mass is 9.98. The molecule has 5 rings (SSSR count). The third kappa shape index (κ3) is 28.6. The highest BCUT2D eigenvalue weighted by atomic mass is 16.5. The van der Waals surface area contributed by atoms with Crippen LogP contribution in [-0.4, -0.2) is 78.3 Å². The van der Waals surface area contributed by atoms with Crippen LogP contribution in [0.25, 0.3) is 0 Å². The van der Waals surface area contributed by atoms with Gasteiger partial charge in [0.2, 0.25) is 5.88 Å². The Morgan fingerprint density at radius 1 is 0.847 bits per heavy atom. The van der Waals surface area contributed by atoms with Crippen molar-refractivity contribution >= 4 is 40.1 Å². The molecule has 1 atom stereocenters. The molecule has 2 aliphatic rings. The van der Waals surface area contributed by atoms with Gasteiger partial charge in [0.05, 0.1) is 0 Å². The minimum Gasteiger partial charge on any atom is -0.474 e. The molecule has 2 N–H and O–H groups in total. The minimum absolute atomic E-state index is 0.167. The molecule has 10 heteroatoms. The summed E-state index contributed by atoms with van der Waals surface area (Å²) in [6, 6.07) is 15.4. The zero-order chi connectivity index (χ0) is 55.3. The van der Waals surface area contributed by atoms with Crippen LogP contribution in [0.4, 0.5) is 17.1 Å². The summed E-state index contributed by atoms with van der Waals surface area (Å²) in [5.74, 6) is 2.47. The van der Waals surface area contributed by atoms with Crippen LogP contribution in [0, 0.1) is 33.6 Å². The number of aryl methyl sites for hydroxylation is 3. The molecule has 1 unspecified atom stereocenters. The number of ketones is 3. The van der Waals surface area contributed by atoms with Crippen molar-refractivity contribution in [2.24, 2.45) is 10.9 Å². The van der Waals surface area contributed by atoms with Gasteiger partial charge in [-0.15, -0.1) is 0 Å². The van der Waals surface area contributed by atoms with E-state index in [1.807, 2.05) is 65.1 Å². The number of pyridine rings is 1. The van der Waals surface area contributed by atoms with Gasteiger partial charge >= 0.3 is 0 Å². The molecule has 0 bridgehead atoms. The predicted molar refractivity (Wildman–Crippen MR) is 315 cm³/mol. The van der Waals surface area contributed by atoms with E-state index in [9.17, 15) is 14.4 Å². The maximum absolute atomic E-state index is 11.1. The molecule has 0 amide bonds. The largest absolute Gasteiger partial charge is 0.474 e. The van der Waals surface area contributed by atoms with Crippen LogP contribution >= 0.6 is 0 Å². The summed E-state index contributed by atoms with van der Waals surface area (Å²) in [5, 5.41) is 6.50. The minimum atomic E-state index is 0.167. The van der Waals surface area contributed by atoms with Gasteiger partial charge in [-0.3, -0.25) is 9.69 Å². The number of fused-ring (bicyclic) bond motifs is 1. The number of hydrogen-bond donors (Lipinski definition) is 2. The quantitative estimate of drug-likeness (QED) is 0.0894. The molecule has 0 aliphatic carbocycles. The number of nitrogens with one attached hydrogen (secondary N) is 2. The summed E-state index contributed by atoms with van der Waals surface area (Å²) >= 11 is 0. The molecule has 2 aromatic carbocycles. The second-order valence-corrected chi connectivity index (χ2v) is 18.4. The molecule has 1 saturated heterocycles. The Kier molecular flexibility index (Phi) is 38.3. The highest BCUT2D eigenvalue weighted by Gasteiger charge is 2.31. The fourth-order valence-corrected chi connectivity index (χ4v) is 7.31. The number of carbonyl (C=O) groups excluding carboxylic acids is 3. The maximum atomic E-state index is 11.1. The molecule has 72 heavy (non-hydrogen) atoms. The first-order valence-corrected chi connectivity index (χ1v) is 27.0. The number of aliphatic imine (C=N–C) groups is 1. The molecule has 0 spiro atoms. The van der Waals surface area contributed by atoms with Crippen LogP contribution in [0.3, 0.4) is 0 Å². The Bertz CT molecular complexity index is 2090. The maximum Gasteiger partial charge on any atom is 0.237 e. The van der Waals surface area contributed by atoms with E-state index in [0.29, 0.717) is 31.2 Å². The molecular weight excluding hydrogens is 893 g/mol. The summed E-state index contributed by atoms with van der Waals surface area (Å²) < 4.78 is 5.39. The van der Waals surface area contributed by atoms with E-state index in [4.69, 9.17) is 4.74 Å². The number of carbonyl (C=O) groups is 3. The van der Waals surface area contributed by atoms with Crippen molar-refractivity contribution in [1.29, 1.82) is 0 Å². The van der Waals surface area contributed by atoms with Crippen molar-refractivity contribution in [1.82, 2.24) is 9.88 Å². The van der Waals surface area contributed by atoms with E-state index in [1.165, 1.54) is 92.0 Å². The van der Waals surface area contributed by atoms with Gasteiger partial charge in [0.15, 0.2) is 0 Å². The molecule has 1 fully saturated rings. The molecule has 0 radical (unpaired) electrons. The number of Topliss-reactive ketones (excluding diaryl/α,β-unsaturated/α-hetero) is 3. The summed E-state index contributed by atoms with van der Waals surface area (Å²) in [5.41, 5.74) is 13.2. The van der Waals surface area contributed by atoms with Gasteiger partial charge in [-0.25, -0.2) is 9.98 Å². The highest BCUT2D eigenvalue weighted by Crippen LogP contribution is 2.30. The lowest BCUT2D eigenvalue weighted by Gasteiger charge is -2.47. The van der Waals surface area contributed by atoms with Crippen LogP contribution in [-0.2, 0) is 20.8 Å². The Morgan fingerprint density at radius 3 is 1.90 bits per heavy atom. The summed E-state index contributed by atoms with van der Waals surface area (Å²) in [4.78, 5) is 45.1. The Labute approximate surface area is 440 Å². The number of aromatic nitrogens is 1. The second kappa shape index (κ2) is 40.2. The standard InChI is InChI=1S/C20H28N2O.C17H28N2.C9H12N2O.C9H16O.C3H6O.2C2H6/c1-6-9-18(7-2)20(8-3)22-16(5)21-19-12-10-17(11-13-19)14-15(4)23;1-5-9-18(10-6-2)17-12-19(13-17)16-8-7-14(3)15(4)11-16;1-6-5-11-9-8(7(6)2)10-3-4-12-9;1-7(2)8(3)5-6-9(4)10;1-3(2)4;2*1-2/h7,10-13,21H,5-6,8-9,14H2,1-4H3;7-8,11,17H,5-6,9-10,12-13H2,1-4H3;5,10H,3-4H2,1-2H3;8H,1,5-6H2,2-4H3;1-2H3;2*1-2H3/b18-7-,22-20-;;;;;;. The van der Waals surface area contributed by atoms with E-state index >= 15 is 0 Å². The SMILES string of the molecule is C=C(/N=C(CC)\C(=C/C)CCC)Nc1ccc(CC(C)=O)cc1.C=C(C)C(C)CCC(C)=O.CC.CC.CC(C)=O.CCCN(CCC)C1CN(c2ccc(C)c(C)c2)C1.Cc1cnc2c(c1C)NCCO2. The highest BCUT2D eigenvalue weighted by molar-refractivity contribution is 6.00. The van der Waals surface area contributed by atoms with E-state index in [0.717, 1.165) is 66.8 Å². The topological polar surface area (TPSA) is 116 Å². The number of rotatable bonds is 19. The predicted octanol–water partition coefficient (Wildman–Crippen LogP) is 15.6. The van der Waals surface area contributed by atoms with E-state index in [1.54, 1.807) is 13.8 Å². The van der Waals surface area contributed by atoms with Crippen LogP contribution < -0.4 is 20.3 Å². The van der Waals surface area contributed by atoms with Gasteiger partial charge in [-0.1, -0.05) is 112 Å². The monoisotopic (exact) mass is 995 g/mol. The van der Waals surface area contributed by atoms with Crippen LogP contribution in [0.15, 0.2) is 89.9 Å². The van der Waals surface area contributed by atoms with Crippen LogP contribution in [0.5, 0.6) is 5.88 Å². The first-order chi connectivity index (χ1) is 34.2. The number of benzene rings is 2. The summed E-state index contributed by atoms with van der Waals surface area (Å²) in [6.07, 6.45) is 11.7. The molecule has 10 nitrogen and oxygen atoms in total. The zero-order valence-electron chi connectivity index (χ0n) is 49.1. The summed E-state index contributed by atoms with van der Waals surface area (Å²) in [7, 11) is 0. The number of nitrogens with zero attached hydrogens (tertiary/aromatic N) is 4. The summed E-state index contributed by atoms with van der Waals surface area (Å²) in [6.45, 7) is 52.1. The smallest absolute Gasteiger partial charge is 0.237 e. The molecule has 3 heterocycles. The van der Waals surface area contributed by atoms with Crippen molar-refractivity contribution in [2.75, 3.05) is 54.9 Å². The third-order valence-electron chi connectivity index (χ3n) is 11.8. The fourth-order valence-electron chi connectivity index (χ4n) is 7.31. The van der Waals surface area contributed by atoms with E-state index in [2.05, 4.69) is 137 Å². The average molecular weight is 996 g/mol. The first kappa shape index (κ1) is 68.7. The van der Waals surface area contributed by atoms with Gasteiger partial charge in [0, 0.05) is 61.8 Å². The van der Waals surface area contributed by atoms with Gasteiger partial charge < -0.3 is 29.9 Å². The molecule has 3 aromatic rings. The molecular formula is C62H102N6O4. The number of anilines is 3. The molecule has 0 saturated carbocycles. The van der Waals surface area contributed by atoms with Crippen molar-refractivity contribution in [3.63, 3.8) is 0 Å². The number of ether oxygens (including phenoxy) is 1. The van der Waals surface area contributed by atoms with Crippen molar-refractivity contribution < 1.29 is 19.1 Å². The number of allylic oxidation sites excluding steroid dienone is 3. The zero-order valence-corrected chi connectivity index (χ0v) is 49.1. The second-order valence-electron chi connectivity index (χ2n) is 18.4. The van der Waals surface area contributed by atoms with Gasteiger partial charge in [-0.05, 0) is 178 Å². The first-order valence-electron chi connectivity index (χ1n) is 27.0. The van der Waals surface area contributed by atoms with Crippen molar-refractivity contribution in [3.05, 3.63) is 113 Å². The van der Waals surface area contributed by atoms with Crippen molar-refractivity contribution in [2.45, 2.75) is 189 Å². The lowest BCUT2D eigenvalue weighted by Crippen LogP contribution is -2.59. The van der Waals surface area contributed by atoms with E-state index < -0.39 is 0 Å². The van der Waals surface area contributed by atoms with Gasteiger partial charge in [0.25, 0.3) is 0 Å². The molecule has 404 valence electrons. The Balaban J connectivity index is 0. The Morgan fingerprint density at radius 2 is 1.43 bits per heavy atom. The van der Waals surface area contributed by atoms with Crippen LogP contribution in [0.2, 0.25) is 0 Å².